The molecule has 0 radical (unpaired) electrons. The standard InChI is InChI=1S/C22H22F4N6O/c1-11-8-32-10-13(14-7-28-31(3)9-14)4-17(20(32)29-11)21(33)30-12(2)16-5-15(27)6-18(19(16)23)22(24,25)26/h4-7,9-12H,8,27H2,1-3H3,(H,30,33)/t11-,12-/m1/s1. The summed E-state index contributed by atoms with van der Waals surface area (Å²) in [6, 6.07) is 0.490. The number of allylic oxidation sites excluding steroid dienone is 2. The monoisotopic (exact) mass is 462 g/mol. The highest BCUT2D eigenvalue weighted by Crippen LogP contribution is 2.36. The second kappa shape index (κ2) is 8.05. The molecule has 1 aromatic heterocycles. The number of amidine groups is 1. The Morgan fingerprint density at radius 1 is 1.33 bits per heavy atom. The van der Waals surface area contributed by atoms with Crippen molar-refractivity contribution in [3.05, 3.63) is 64.9 Å². The van der Waals surface area contributed by atoms with Gasteiger partial charge in [-0.1, -0.05) is 0 Å². The SMILES string of the molecule is C[C@@H]1CN2C=C(c3cnn(C)c3)C=C(C(=O)N[C@H](C)c3cc(N)cc(C(F)(F)F)c3F)C2=N1. The summed E-state index contributed by atoms with van der Waals surface area (Å²) in [7, 11) is 1.77. The number of alkyl halides is 3. The highest BCUT2D eigenvalue weighted by atomic mass is 19.4. The number of benzene rings is 1. The Morgan fingerprint density at radius 2 is 2.06 bits per heavy atom. The molecule has 11 heteroatoms. The van der Waals surface area contributed by atoms with E-state index in [0.29, 0.717) is 18.4 Å². The van der Waals surface area contributed by atoms with Gasteiger partial charge in [0.05, 0.1) is 29.4 Å². The summed E-state index contributed by atoms with van der Waals surface area (Å²) in [5.74, 6) is -1.61. The van der Waals surface area contributed by atoms with Crippen molar-refractivity contribution in [2.75, 3.05) is 12.3 Å². The molecule has 33 heavy (non-hydrogen) atoms. The number of rotatable bonds is 4. The van der Waals surface area contributed by atoms with Gasteiger partial charge in [0.1, 0.15) is 11.7 Å². The number of amides is 1. The third kappa shape index (κ3) is 4.35. The van der Waals surface area contributed by atoms with Crippen LogP contribution in [0, 0.1) is 5.82 Å². The van der Waals surface area contributed by atoms with Crippen LogP contribution in [0.3, 0.4) is 0 Å². The van der Waals surface area contributed by atoms with Crippen molar-refractivity contribution in [2.24, 2.45) is 12.0 Å². The molecule has 2 atom stereocenters. The number of nitrogens with one attached hydrogen (secondary N) is 1. The molecule has 3 N–H and O–H groups in total. The maximum absolute atomic E-state index is 14.7. The number of fused-ring (bicyclic) bond motifs is 1. The first-order valence-corrected chi connectivity index (χ1v) is 10.2. The van der Waals surface area contributed by atoms with Crippen molar-refractivity contribution >= 4 is 23.0 Å². The van der Waals surface area contributed by atoms with Crippen LogP contribution in [0.2, 0.25) is 0 Å². The van der Waals surface area contributed by atoms with Gasteiger partial charge >= 0.3 is 6.18 Å². The number of carbonyl (C=O) groups is 1. The zero-order valence-electron chi connectivity index (χ0n) is 18.1. The predicted molar refractivity (Wildman–Crippen MR) is 115 cm³/mol. The minimum atomic E-state index is -4.91. The molecule has 174 valence electrons. The lowest BCUT2D eigenvalue weighted by molar-refractivity contribution is -0.140. The average molecular weight is 462 g/mol. The van der Waals surface area contributed by atoms with Crippen LogP contribution in [-0.4, -0.2) is 39.0 Å². The Hall–Kier alpha value is -3.63. The van der Waals surface area contributed by atoms with Gasteiger partial charge in [0, 0.05) is 48.4 Å². The van der Waals surface area contributed by atoms with E-state index in [9.17, 15) is 22.4 Å². The first-order valence-electron chi connectivity index (χ1n) is 10.2. The van der Waals surface area contributed by atoms with Gasteiger partial charge in [0.25, 0.3) is 5.91 Å². The largest absolute Gasteiger partial charge is 0.419 e. The van der Waals surface area contributed by atoms with E-state index in [0.717, 1.165) is 17.2 Å². The number of nitrogen functional groups attached to an aromatic ring is 1. The van der Waals surface area contributed by atoms with Gasteiger partial charge in [0.2, 0.25) is 0 Å². The number of hydrogen-bond acceptors (Lipinski definition) is 5. The van der Waals surface area contributed by atoms with Gasteiger partial charge in [-0.25, -0.2) is 4.39 Å². The number of nitrogens with two attached hydrogens (primary N) is 1. The maximum atomic E-state index is 14.7. The first kappa shape index (κ1) is 22.6. The lowest BCUT2D eigenvalue weighted by Gasteiger charge is -2.25. The van der Waals surface area contributed by atoms with Crippen molar-refractivity contribution in [3.8, 4) is 0 Å². The minimum absolute atomic E-state index is 0.0566. The second-order valence-electron chi connectivity index (χ2n) is 8.16. The van der Waals surface area contributed by atoms with E-state index in [1.165, 1.54) is 6.92 Å². The van der Waals surface area contributed by atoms with E-state index in [4.69, 9.17) is 5.73 Å². The molecule has 0 bridgehead atoms. The molecule has 3 heterocycles. The molecule has 0 spiro atoms. The van der Waals surface area contributed by atoms with E-state index in [1.54, 1.807) is 30.2 Å². The zero-order valence-corrected chi connectivity index (χ0v) is 18.1. The fraction of sp³-hybridized carbons (Fsp3) is 0.318. The lowest BCUT2D eigenvalue weighted by Crippen LogP contribution is -2.37. The fourth-order valence-electron chi connectivity index (χ4n) is 3.90. The van der Waals surface area contributed by atoms with Crippen LogP contribution in [-0.2, 0) is 18.0 Å². The topological polar surface area (TPSA) is 88.5 Å². The predicted octanol–water partition coefficient (Wildman–Crippen LogP) is 3.42. The Kier molecular flexibility index (Phi) is 5.51. The van der Waals surface area contributed by atoms with E-state index in [2.05, 4.69) is 15.4 Å². The fourth-order valence-corrected chi connectivity index (χ4v) is 3.90. The number of aryl methyl sites for hydroxylation is 1. The van der Waals surface area contributed by atoms with Crippen molar-refractivity contribution in [1.29, 1.82) is 0 Å². The van der Waals surface area contributed by atoms with Crippen LogP contribution >= 0.6 is 0 Å². The van der Waals surface area contributed by atoms with Crippen LogP contribution in [0.1, 0.15) is 36.6 Å². The summed E-state index contributed by atoms with van der Waals surface area (Å²) in [5, 5.41) is 6.74. The quantitative estimate of drug-likeness (QED) is 0.538. The van der Waals surface area contributed by atoms with Gasteiger partial charge in [0.15, 0.2) is 0 Å². The Morgan fingerprint density at radius 3 is 2.70 bits per heavy atom. The summed E-state index contributed by atoms with van der Waals surface area (Å²) >= 11 is 0. The molecular formula is C22H22F4N6O. The smallest absolute Gasteiger partial charge is 0.399 e. The Balaban J connectivity index is 1.66. The number of nitrogens with zero attached hydrogens (tertiary/aromatic N) is 4. The van der Waals surface area contributed by atoms with Crippen LogP contribution in [0.15, 0.2) is 47.4 Å². The van der Waals surface area contributed by atoms with Crippen molar-refractivity contribution in [2.45, 2.75) is 32.1 Å². The summed E-state index contributed by atoms with van der Waals surface area (Å²) in [6.45, 7) is 3.87. The number of anilines is 1. The van der Waals surface area contributed by atoms with Gasteiger partial charge in [-0.2, -0.15) is 18.3 Å². The third-order valence-corrected chi connectivity index (χ3v) is 5.44. The number of halogens is 4. The van der Waals surface area contributed by atoms with Gasteiger partial charge in [-0.15, -0.1) is 0 Å². The van der Waals surface area contributed by atoms with E-state index >= 15 is 0 Å². The molecule has 1 amide bonds. The molecule has 4 rings (SSSR count). The molecule has 2 aromatic rings. The van der Waals surface area contributed by atoms with Gasteiger partial charge in [-0.3, -0.25) is 14.5 Å². The summed E-state index contributed by atoms with van der Waals surface area (Å²) in [4.78, 5) is 19.5. The molecule has 0 aliphatic carbocycles. The summed E-state index contributed by atoms with van der Waals surface area (Å²) in [6.07, 6.45) is 2.05. The summed E-state index contributed by atoms with van der Waals surface area (Å²) in [5.41, 5.74) is 5.23. The highest BCUT2D eigenvalue weighted by Gasteiger charge is 2.37. The normalized spacial score (nSPS) is 18.9. The van der Waals surface area contributed by atoms with Crippen molar-refractivity contribution < 1.29 is 22.4 Å². The zero-order chi connectivity index (χ0) is 24.1. The van der Waals surface area contributed by atoms with Crippen LogP contribution in [0.4, 0.5) is 23.2 Å². The lowest BCUT2D eigenvalue weighted by atomic mass is 9.99. The number of carbonyl (C=O) groups excluding carboxylic acids is 1. The van der Waals surface area contributed by atoms with Crippen molar-refractivity contribution in [3.63, 3.8) is 0 Å². The molecule has 0 fully saturated rings. The van der Waals surface area contributed by atoms with E-state index in [-0.39, 0.29) is 22.9 Å². The molecular weight excluding hydrogens is 440 g/mol. The maximum Gasteiger partial charge on any atom is 0.419 e. The Bertz CT molecular complexity index is 1210. The highest BCUT2D eigenvalue weighted by molar-refractivity contribution is 6.24. The number of aromatic nitrogens is 2. The average Bonchev–Trinajstić information content (AvgIpc) is 3.32. The molecule has 1 aromatic carbocycles. The van der Waals surface area contributed by atoms with Crippen molar-refractivity contribution in [1.82, 2.24) is 20.0 Å². The number of hydrogen-bond donors (Lipinski definition) is 2. The molecule has 2 aliphatic heterocycles. The van der Waals surface area contributed by atoms with E-state index in [1.807, 2.05) is 18.0 Å². The van der Waals surface area contributed by atoms with Crippen LogP contribution in [0.5, 0.6) is 0 Å². The minimum Gasteiger partial charge on any atom is -0.399 e. The van der Waals surface area contributed by atoms with Gasteiger partial charge < -0.3 is 16.0 Å². The second-order valence-corrected chi connectivity index (χ2v) is 8.16. The van der Waals surface area contributed by atoms with E-state index < -0.39 is 29.5 Å². The third-order valence-electron chi connectivity index (χ3n) is 5.44. The Labute approximate surface area is 187 Å². The molecule has 0 saturated carbocycles. The van der Waals surface area contributed by atoms with Crippen LogP contribution in [0.25, 0.3) is 5.57 Å². The summed E-state index contributed by atoms with van der Waals surface area (Å²) < 4.78 is 55.8. The molecule has 7 nitrogen and oxygen atoms in total. The van der Waals surface area contributed by atoms with Gasteiger partial charge in [-0.05, 0) is 32.1 Å². The molecule has 2 aliphatic rings. The number of aliphatic imine (C=N–C) groups is 1. The molecule has 0 saturated heterocycles. The van der Waals surface area contributed by atoms with Crippen LogP contribution < -0.4 is 11.1 Å². The first-order chi connectivity index (χ1) is 15.4. The molecule has 0 unspecified atom stereocenters.